The predicted molar refractivity (Wildman–Crippen MR) is 64.2 cm³/mol. The molecule has 0 amide bonds. The molecule has 0 fully saturated rings. The van der Waals surface area contributed by atoms with Gasteiger partial charge in [-0.3, -0.25) is 10.1 Å². The van der Waals surface area contributed by atoms with Crippen molar-refractivity contribution in [3.63, 3.8) is 0 Å². The van der Waals surface area contributed by atoms with Gasteiger partial charge in [-0.1, -0.05) is 15.9 Å². The summed E-state index contributed by atoms with van der Waals surface area (Å²) in [5.41, 5.74) is 0.866. The maximum absolute atomic E-state index is 10.6. The molecular weight excluding hydrogens is 276 g/mol. The summed E-state index contributed by atoms with van der Waals surface area (Å²) in [7, 11) is 0. The molecule has 0 saturated carbocycles. The van der Waals surface area contributed by atoms with E-state index in [9.17, 15) is 10.1 Å². The quantitative estimate of drug-likeness (QED) is 0.640. The van der Waals surface area contributed by atoms with Crippen LogP contribution in [0, 0.1) is 10.1 Å². The summed E-state index contributed by atoms with van der Waals surface area (Å²) in [5.74, 6) is 0. The number of nitrogens with zero attached hydrogens (tertiary/aromatic N) is 1. The lowest BCUT2D eigenvalue weighted by Gasteiger charge is -2.07. The Morgan fingerprint density at radius 3 is 2.81 bits per heavy atom. The van der Waals surface area contributed by atoms with Crippen LogP contribution < -0.4 is 5.32 Å². The first kappa shape index (κ1) is 13.1. The third kappa shape index (κ3) is 4.26. The van der Waals surface area contributed by atoms with Crippen LogP contribution in [0.2, 0.25) is 0 Å². The van der Waals surface area contributed by atoms with Gasteiger partial charge in [0.2, 0.25) is 0 Å². The molecule has 0 aliphatic carbocycles. The molecule has 0 aliphatic rings. The molecule has 6 heteroatoms. The van der Waals surface area contributed by atoms with Crippen LogP contribution in [0.5, 0.6) is 0 Å². The van der Waals surface area contributed by atoms with Gasteiger partial charge in [-0.2, -0.15) is 0 Å². The zero-order chi connectivity index (χ0) is 12.1. The Hall–Kier alpha value is -0.980. The lowest BCUT2D eigenvalue weighted by molar-refractivity contribution is -0.385. The van der Waals surface area contributed by atoms with Crippen LogP contribution in [0.3, 0.4) is 0 Å². The number of rotatable bonds is 5. The van der Waals surface area contributed by atoms with Gasteiger partial charge in [0.25, 0.3) is 5.69 Å². The first-order valence-corrected chi connectivity index (χ1v) is 5.61. The highest BCUT2D eigenvalue weighted by atomic mass is 79.9. The summed E-state index contributed by atoms with van der Waals surface area (Å²) >= 11 is 3.22. The molecule has 1 rings (SSSR count). The van der Waals surface area contributed by atoms with Crippen LogP contribution in [-0.4, -0.2) is 22.7 Å². The number of hydrogen-bond acceptors (Lipinski definition) is 4. The second-order valence-electron chi connectivity index (χ2n) is 3.55. The van der Waals surface area contributed by atoms with Crippen molar-refractivity contribution in [2.45, 2.75) is 19.6 Å². The maximum Gasteiger partial charge on any atom is 0.270 e. The summed E-state index contributed by atoms with van der Waals surface area (Å²) in [6, 6.07) is 4.78. The number of benzene rings is 1. The van der Waals surface area contributed by atoms with Gasteiger partial charge < -0.3 is 10.4 Å². The minimum absolute atomic E-state index is 0.0585. The summed E-state index contributed by atoms with van der Waals surface area (Å²) in [4.78, 5) is 10.2. The zero-order valence-electron chi connectivity index (χ0n) is 8.81. The molecule has 0 heterocycles. The number of nitro benzene ring substituents is 1. The Kier molecular flexibility index (Phi) is 4.85. The van der Waals surface area contributed by atoms with Gasteiger partial charge in [-0.25, -0.2) is 0 Å². The van der Waals surface area contributed by atoms with Crippen LogP contribution >= 0.6 is 15.9 Å². The lowest BCUT2D eigenvalue weighted by atomic mass is 10.2. The first-order chi connectivity index (χ1) is 7.49. The number of hydrogen-bond donors (Lipinski definition) is 2. The van der Waals surface area contributed by atoms with Crippen molar-refractivity contribution in [3.8, 4) is 0 Å². The van der Waals surface area contributed by atoms with Gasteiger partial charge >= 0.3 is 0 Å². The molecule has 16 heavy (non-hydrogen) atoms. The number of nitrogens with one attached hydrogen (secondary N) is 1. The predicted octanol–water partition coefficient (Wildman–Crippen LogP) is 1.83. The Labute approximate surface area is 102 Å². The van der Waals surface area contributed by atoms with Gasteiger partial charge in [0.1, 0.15) is 0 Å². The number of nitro groups is 1. The average Bonchev–Trinajstić information content (AvgIpc) is 2.16. The van der Waals surface area contributed by atoms with E-state index >= 15 is 0 Å². The van der Waals surface area contributed by atoms with Gasteiger partial charge in [0, 0.05) is 29.7 Å². The maximum atomic E-state index is 10.6. The third-order valence-electron chi connectivity index (χ3n) is 1.92. The molecule has 0 aliphatic heterocycles. The molecule has 1 aromatic carbocycles. The van der Waals surface area contributed by atoms with E-state index in [1.165, 1.54) is 12.1 Å². The Morgan fingerprint density at radius 1 is 1.56 bits per heavy atom. The van der Waals surface area contributed by atoms with Gasteiger partial charge in [0.15, 0.2) is 0 Å². The van der Waals surface area contributed by atoms with Crippen molar-refractivity contribution >= 4 is 21.6 Å². The van der Waals surface area contributed by atoms with E-state index in [0.29, 0.717) is 17.6 Å². The lowest BCUT2D eigenvalue weighted by Crippen LogP contribution is -2.23. The number of aliphatic hydroxyl groups is 1. The van der Waals surface area contributed by atoms with E-state index in [4.69, 9.17) is 5.11 Å². The second kappa shape index (κ2) is 5.93. The average molecular weight is 289 g/mol. The van der Waals surface area contributed by atoms with E-state index in [0.717, 1.165) is 5.56 Å². The monoisotopic (exact) mass is 288 g/mol. The topological polar surface area (TPSA) is 75.4 Å². The summed E-state index contributed by atoms with van der Waals surface area (Å²) in [6.07, 6.45) is -0.429. The summed E-state index contributed by atoms with van der Waals surface area (Å²) < 4.78 is 0.676. The van der Waals surface area contributed by atoms with Crippen LogP contribution in [-0.2, 0) is 6.54 Å². The van der Waals surface area contributed by atoms with Crippen molar-refractivity contribution in [1.29, 1.82) is 0 Å². The molecule has 0 aromatic heterocycles. The van der Waals surface area contributed by atoms with Gasteiger partial charge in [-0.05, 0) is 18.6 Å². The van der Waals surface area contributed by atoms with Crippen LogP contribution in [0.15, 0.2) is 22.7 Å². The highest BCUT2D eigenvalue weighted by Crippen LogP contribution is 2.21. The summed E-state index contributed by atoms with van der Waals surface area (Å²) in [6.45, 7) is 2.63. The number of non-ortho nitro benzene ring substituents is 1. The number of aliphatic hydroxyl groups excluding tert-OH is 1. The molecule has 0 saturated heterocycles. The van der Waals surface area contributed by atoms with Crippen LogP contribution in [0.4, 0.5) is 5.69 Å². The van der Waals surface area contributed by atoms with Gasteiger partial charge in [0.05, 0.1) is 11.0 Å². The molecule has 0 spiro atoms. The number of halogens is 1. The molecule has 0 radical (unpaired) electrons. The minimum Gasteiger partial charge on any atom is -0.392 e. The van der Waals surface area contributed by atoms with Crippen molar-refractivity contribution in [2.24, 2.45) is 0 Å². The standard InChI is InChI=1S/C10H13BrN2O3/c1-7(14)5-12-6-8-2-9(11)4-10(3-8)13(15)16/h2-4,7,12,14H,5-6H2,1H3. The van der Waals surface area contributed by atoms with Gasteiger partial charge in [-0.15, -0.1) is 0 Å². The van der Waals surface area contributed by atoms with E-state index in [2.05, 4.69) is 21.2 Å². The van der Waals surface area contributed by atoms with E-state index in [1.807, 2.05) is 6.07 Å². The fourth-order valence-corrected chi connectivity index (χ4v) is 1.79. The summed E-state index contributed by atoms with van der Waals surface area (Å²) in [5, 5.41) is 22.7. The zero-order valence-corrected chi connectivity index (χ0v) is 10.4. The van der Waals surface area contributed by atoms with E-state index in [-0.39, 0.29) is 5.69 Å². The first-order valence-electron chi connectivity index (χ1n) is 4.81. The van der Waals surface area contributed by atoms with Crippen molar-refractivity contribution in [2.75, 3.05) is 6.54 Å². The molecule has 5 nitrogen and oxygen atoms in total. The molecule has 1 atom stereocenters. The fourth-order valence-electron chi connectivity index (χ4n) is 1.27. The molecule has 1 aromatic rings. The highest BCUT2D eigenvalue weighted by molar-refractivity contribution is 9.10. The highest BCUT2D eigenvalue weighted by Gasteiger charge is 2.08. The molecular formula is C10H13BrN2O3. The fraction of sp³-hybridized carbons (Fsp3) is 0.400. The van der Waals surface area contributed by atoms with Crippen LogP contribution in [0.25, 0.3) is 0 Å². The Morgan fingerprint density at radius 2 is 2.25 bits per heavy atom. The second-order valence-corrected chi connectivity index (χ2v) is 4.47. The largest absolute Gasteiger partial charge is 0.392 e. The molecule has 88 valence electrons. The Balaban J connectivity index is 2.69. The Bertz CT molecular complexity index is 382. The van der Waals surface area contributed by atoms with Crippen molar-refractivity contribution in [3.05, 3.63) is 38.3 Å². The third-order valence-corrected chi connectivity index (χ3v) is 2.38. The van der Waals surface area contributed by atoms with E-state index in [1.54, 1.807) is 6.92 Å². The van der Waals surface area contributed by atoms with Crippen molar-refractivity contribution in [1.82, 2.24) is 5.32 Å². The molecule has 2 N–H and O–H groups in total. The minimum atomic E-state index is -0.429. The normalized spacial score (nSPS) is 12.4. The SMILES string of the molecule is CC(O)CNCc1cc(Br)cc([N+](=O)[O-])c1. The van der Waals surface area contributed by atoms with E-state index < -0.39 is 11.0 Å². The smallest absolute Gasteiger partial charge is 0.270 e. The van der Waals surface area contributed by atoms with Crippen molar-refractivity contribution < 1.29 is 10.0 Å². The molecule has 1 unspecified atom stereocenters. The molecule has 0 bridgehead atoms. The van der Waals surface area contributed by atoms with Crippen LogP contribution in [0.1, 0.15) is 12.5 Å².